The van der Waals surface area contributed by atoms with Gasteiger partial charge in [0.25, 0.3) is 0 Å². The summed E-state index contributed by atoms with van der Waals surface area (Å²) in [5.41, 5.74) is 3.29. The van der Waals surface area contributed by atoms with Gasteiger partial charge < -0.3 is 14.8 Å². The Balaban J connectivity index is 1.79. The van der Waals surface area contributed by atoms with E-state index < -0.39 is 6.36 Å². The van der Waals surface area contributed by atoms with Gasteiger partial charge in [-0.2, -0.15) is 5.10 Å². The average Bonchev–Trinajstić information content (AvgIpc) is 2.79. The molecule has 0 spiro atoms. The van der Waals surface area contributed by atoms with Crippen LogP contribution in [0, 0.1) is 11.8 Å². The van der Waals surface area contributed by atoms with E-state index in [9.17, 15) is 18.0 Å². The normalized spacial score (nSPS) is 16.3. The van der Waals surface area contributed by atoms with Crippen molar-refractivity contribution in [3.8, 4) is 11.5 Å². The molecule has 1 aliphatic rings. The van der Waals surface area contributed by atoms with Crippen LogP contribution in [0.15, 0.2) is 47.6 Å². The zero-order valence-corrected chi connectivity index (χ0v) is 19.8. The van der Waals surface area contributed by atoms with E-state index in [1.807, 2.05) is 43.1 Å². The van der Waals surface area contributed by atoms with Crippen LogP contribution in [0.2, 0.25) is 0 Å². The maximum atomic E-state index is 12.7. The zero-order valence-electron chi connectivity index (χ0n) is 19.8. The first-order valence-electron chi connectivity index (χ1n) is 11.3. The lowest BCUT2D eigenvalue weighted by molar-refractivity contribution is -0.275. The molecule has 0 saturated heterocycles. The van der Waals surface area contributed by atoms with Gasteiger partial charge in [-0.1, -0.05) is 32.9 Å². The van der Waals surface area contributed by atoms with Gasteiger partial charge in [0.2, 0.25) is 5.91 Å². The fourth-order valence-electron chi connectivity index (χ4n) is 3.76. The molecule has 0 saturated carbocycles. The molecular formula is C25H30F3N3O3. The predicted octanol–water partition coefficient (Wildman–Crippen LogP) is 5.82. The number of benzene rings is 2. The zero-order chi connectivity index (χ0) is 24.9. The summed E-state index contributed by atoms with van der Waals surface area (Å²) in [5, 5.41) is 9.66. The highest BCUT2D eigenvalue weighted by Crippen LogP contribution is 2.34. The van der Waals surface area contributed by atoms with Crippen LogP contribution in [0.25, 0.3) is 0 Å². The van der Waals surface area contributed by atoms with Crippen molar-refractivity contribution in [3.05, 3.63) is 53.6 Å². The Morgan fingerprint density at radius 3 is 2.47 bits per heavy atom. The molecule has 1 heterocycles. The van der Waals surface area contributed by atoms with E-state index in [2.05, 4.69) is 17.0 Å². The van der Waals surface area contributed by atoms with E-state index in [4.69, 9.17) is 9.84 Å². The monoisotopic (exact) mass is 477 g/mol. The highest BCUT2D eigenvalue weighted by atomic mass is 19.4. The molecule has 6 nitrogen and oxygen atoms in total. The second-order valence-corrected chi connectivity index (χ2v) is 8.52. The standard InChI is InChI=1S/C25H30F3N3O3/c1-5-18-12-13-31(15-17-6-9-20(10-7-17)29-24(32)16(2)3)30-23(18)19-8-11-21(22(14-19)33-4)34-25(26,27)28/h6-11,14,16,18H,5,12-13,15H2,1-4H3,(H,29,32). The molecule has 0 radical (unpaired) electrons. The maximum absolute atomic E-state index is 12.7. The first-order valence-corrected chi connectivity index (χ1v) is 11.3. The third-order valence-corrected chi connectivity index (χ3v) is 5.66. The van der Waals surface area contributed by atoms with E-state index >= 15 is 0 Å². The highest BCUT2D eigenvalue weighted by molar-refractivity contribution is 6.03. The van der Waals surface area contributed by atoms with Gasteiger partial charge in [-0.05, 0) is 48.7 Å². The Hall–Kier alpha value is -3.23. The van der Waals surface area contributed by atoms with Gasteiger partial charge in [-0.15, -0.1) is 13.2 Å². The van der Waals surface area contributed by atoms with Crippen molar-refractivity contribution in [2.75, 3.05) is 19.0 Å². The number of alkyl halides is 3. The molecule has 1 unspecified atom stereocenters. The number of nitrogens with zero attached hydrogens (tertiary/aromatic N) is 2. The number of carbonyl (C=O) groups excluding carboxylic acids is 1. The Morgan fingerprint density at radius 2 is 1.88 bits per heavy atom. The Labute approximate surface area is 197 Å². The maximum Gasteiger partial charge on any atom is 0.573 e. The summed E-state index contributed by atoms with van der Waals surface area (Å²) in [4.78, 5) is 11.9. The van der Waals surface area contributed by atoms with Gasteiger partial charge >= 0.3 is 6.36 Å². The number of halogens is 3. The van der Waals surface area contributed by atoms with Gasteiger partial charge in [0.05, 0.1) is 19.4 Å². The number of methoxy groups -OCH3 is 1. The molecule has 0 fully saturated rings. The molecule has 0 aromatic heterocycles. The number of hydrogen-bond donors (Lipinski definition) is 1. The molecule has 1 amide bonds. The lowest BCUT2D eigenvalue weighted by atomic mass is 9.90. The number of rotatable bonds is 8. The van der Waals surface area contributed by atoms with Gasteiger partial charge in [0, 0.05) is 29.6 Å². The van der Waals surface area contributed by atoms with Gasteiger partial charge in [-0.3, -0.25) is 9.80 Å². The van der Waals surface area contributed by atoms with E-state index in [1.165, 1.54) is 19.2 Å². The quantitative estimate of drug-likeness (QED) is 0.520. The van der Waals surface area contributed by atoms with Crippen LogP contribution in [0.5, 0.6) is 11.5 Å². The number of carbonyl (C=O) groups is 1. The minimum Gasteiger partial charge on any atom is -0.493 e. The van der Waals surface area contributed by atoms with E-state index in [-0.39, 0.29) is 29.2 Å². The summed E-state index contributed by atoms with van der Waals surface area (Å²) in [6.07, 6.45) is -3.06. The molecule has 0 aliphatic carbocycles. The van der Waals surface area contributed by atoms with Crippen LogP contribution in [0.1, 0.15) is 44.7 Å². The van der Waals surface area contributed by atoms with Crippen LogP contribution in [-0.4, -0.2) is 36.6 Å². The fraction of sp³-hybridized carbons (Fsp3) is 0.440. The third-order valence-electron chi connectivity index (χ3n) is 5.66. The number of amides is 1. The van der Waals surface area contributed by atoms with Crippen molar-refractivity contribution in [1.29, 1.82) is 0 Å². The number of hydrogen-bond acceptors (Lipinski definition) is 5. The minimum atomic E-state index is -4.80. The molecule has 184 valence electrons. The SMILES string of the molecule is CCC1CCN(Cc2ccc(NC(=O)C(C)C)cc2)N=C1c1ccc(OC(F)(F)F)c(OC)c1. The predicted molar refractivity (Wildman–Crippen MR) is 125 cm³/mol. The molecular weight excluding hydrogens is 447 g/mol. The molecule has 2 aromatic carbocycles. The largest absolute Gasteiger partial charge is 0.573 e. The summed E-state index contributed by atoms with van der Waals surface area (Å²) >= 11 is 0. The molecule has 1 atom stereocenters. The molecule has 2 aromatic rings. The smallest absolute Gasteiger partial charge is 0.493 e. The fourth-order valence-corrected chi connectivity index (χ4v) is 3.76. The number of anilines is 1. The summed E-state index contributed by atoms with van der Waals surface area (Å²) in [7, 11) is 1.31. The molecule has 9 heteroatoms. The first-order chi connectivity index (χ1) is 16.1. The van der Waals surface area contributed by atoms with Crippen LogP contribution < -0.4 is 14.8 Å². The second kappa shape index (κ2) is 10.8. The van der Waals surface area contributed by atoms with Crippen molar-refractivity contribution >= 4 is 17.3 Å². The molecule has 1 aliphatic heterocycles. The molecule has 1 N–H and O–H groups in total. The van der Waals surface area contributed by atoms with Crippen molar-refractivity contribution in [1.82, 2.24) is 5.01 Å². The summed E-state index contributed by atoms with van der Waals surface area (Å²) in [6.45, 7) is 7.08. The van der Waals surface area contributed by atoms with Crippen LogP contribution >= 0.6 is 0 Å². The van der Waals surface area contributed by atoms with E-state index in [0.717, 1.165) is 36.3 Å². The second-order valence-electron chi connectivity index (χ2n) is 8.52. The number of hydrazone groups is 1. The Morgan fingerprint density at radius 1 is 1.18 bits per heavy atom. The lowest BCUT2D eigenvalue weighted by Gasteiger charge is -2.31. The average molecular weight is 478 g/mol. The van der Waals surface area contributed by atoms with Crippen LogP contribution in [0.4, 0.5) is 18.9 Å². The van der Waals surface area contributed by atoms with Crippen molar-refractivity contribution in [3.63, 3.8) is 0 Å². The van der Waals surface area contributed by atoms with E-state index in [1.54, 1.807) is 6.07 Å². The van der Waals surface area contributed by atoms with Gasteiger partial charge in [0.1, 0.15) is 0 Å². The lowest BCUT2D eigenvalue weighted by Crippen LogP contribution is -2.32. The van der Waals surface area contributed by atoms with Crippen molar-refractivity contribution < 1.29 is 27.4 Å². The summed E-state index contributed by atoms with van der Waals surface area (Å²) < 4.78 is 47.3. The van der Waals surface area contributed by atoms with Crippen LogP contribution in [-0.2, 0) is 11.3 Å². The van der Waals surface area contributed by atoms with Crippen LogP contribution in [0.3, 0.4) is 0 Å². The summed E-state index contributed by atoms with van der Waals surface area (Å²) in [6, 6.07) is 12.0. The van der Waals surface area contributed by atoms with Crippen molar-refractivity contribution in [2.45, 2.75) is 46.5 Å². The molecule has 3 rings (SSSR count). The summed E-state index contributed by atoms with van der Waals surface area (Å²) in [5.74, 6) is -0.331. The number of nitrogens with one attached hydrogen (secondary N) is 1. The highest BCUT2D eigenvalue weighted by Gasteiger charge is 2.33. The first kappa shape index (κ1) is 25.4. The van der Waals surface area contributed by atoms with Gasteiger partial charge in [0.15, 0.2) is 11.5 Å². The van der Waals surface area contributed by atoms with E-state index in [0.29, 0.717) is 12.1 Å². The third kappa shape index (κ3) is 6.65. The molecule has 34 heavy (non-hydrogen) atoms. The van der Waals surface area contributed by atoms with Gasteiger partial charge in [-0.25, -0.2) is 0 Å². The van der Waals surface area contributed by atoms with Crippen molar-refractivity contribution in [2.24, 2.45) is 16.9 Å². The minimum absolute atomic E-state index is 0.00327. The molecule has 0 bridgehead atoms. The Bertz CT molecular complexity index is 1020. The number of ether oxygens (including phenoxy) is 2. The Kier molecular flexibility index (Phi) is 8.06. The topological polar surface area (TPSA) is 63.2 Å².